The highest BCUT2D eigenvalue weighted by Gasteiger charge is 1.87. The third-order valence-corrected chi connectivity index (χ3v) is 0.880. The molecule has 0 saturated heterocycles. The summed E-state index contributed by atoms with van der Waals surface area (Å²) in [6, 6.07) is 1.47. The minimum atomic E-state index is 0.436. The molecule has 0 aliphatic heterocycles. The van der Waals surface area contributed by atoms with Gasteiger partial charge in [0.2, 0.25) is 6.20 Å². The van der Waals surface area contributed by atoms with E-state index < -0.39 is 0 Å². The third-order valence-electron chi connectivity index (χ3n) is 0.656. The van der Waals surface area contributed by atoms with Gasteiger partial charge in [0.25, 0.3) is 0 Å². The van der Waals surface area contributed by atoms with Crippen LogP contribution in [-0.2, 0) is 0 Å². The zero-order valence-electron chi connectivity index (χ0n) is 3.91. The molecule has 0 atom stereocenters. The molecule has 0 aliphatic rings. The van der Waals surface area contributed by atoms with Crippen molar-refractivity contribution in [2.75, 3.05) is 0 Å². The van der Waals surface area contributed by atoms with Crippen LogP contribution in [0.25, 0.3) is 0 Å². The summed E-state index contributed by atoms with van der Waals surface area (Å²) in [5.41, 5.74) is 0. The molecule has 1 aromatic rings. The molecular formula is C4H3ClN2O. The monoisotopic (exact) mass is 130 g/mol. The largest absolute Gasteiger partial charge is 0.594 e. The standard InChI is InChI=1S/C4H3ClN2O/c5-4-1-2-7(8)6-3-4/h1-3H. The van der Waals surface area contributed by atoms with Crippen LogP contribution in [0.15, 0.2) is 18.5 Å². The second-order valence-electron chi connectivity index (χ2n) is 1.25. The van der Waals surface area contributed by atoms with Crippen LogP contribution in [-0.4, -0.2) is 5.10 Å². The Kier molecular flexibility index (Phi) is 1.30. The van der Waals surface area contributed by atoms with Gasteiger partial charge < -0.3 is 5.21 Å². The van der Waals surface area contributed by atoms with Crippen LogP contribution in [0, 0.1) is 5.21 Å². The molecule has 0 radical (unpaired) electrons. The predicted molar refractivity (Wildman–Crippen MR) is 28.2 cm³/mol. The lowest BCUT2D eigenvalue weighted by molar-refractivity contribution is -0.669. The number of aromatic nitrogens is 2. The van der Waals surface area contributed by atoms with Crippen molar-refractivity contribution in [2.24, 2.45) is 0 Å². The fraction of sp³-hybridized carbons (Fsp3) is 0. The molecule has 3 nitrogen and oxygen atoms in total. The van der Waals surface area contributed by atoms with Gasteiger partial charge in [-0.3, -0.25) is 0 Å². The molecule has 0 N–H and O–H groups in total. The van der Waals surface area contributed by atoms with Crippen LogP contribution in [0.2, 0.25) is 5.02 Å². The van der Waals surface area contributed by atoms with Crippen LogP contribution >= 0.6 is 11.6 Å². The van der Waals surface area contributed by atoms with E-state index >= 15 is 0 Å². The third kappa shape index (κ3) is 1.07. The first-order valence-corrected chi connectivity index (χ1v) is 2.38. The Morgan fingerprint density at radius 1 is 1.75 bits per heavy atom. The zero-order valence-corrected chi connectivity index (χ0v) is 4.67. The highest BCUT2D eigenvalue weighted by atomic mass is 35.5. The van der Waals surface area contributed by atoms with Gasteiger partial charge in [-0.2, -0.15) is 0 Å². The second-order valence-corrected chi connectivity index (χ2v) is 1.68. The van der Waals surface area contributed by atoms with Crippen LogP contribution in [0.5, 0.6) is 0 Å². The van der Waals surface area contributed by atoms with E-state index in [-0.39, 0.29) is 0 Å². The van der Waals surface area contributed by atoms with Gasteiger partial charge >= 0.3 is 0 Å². The zero-order chi connectivity index (χ0) is 5.98. The number of hydrogen-bond acceptors (Lipinski definition) is 2. The van der Waals surface area contributed by atoms with Crippen molar-refractivity contribution in [3.8, 4) is 0 Å². The summed E-state index contributed by atoms with van der Waals surface area (Å²) in [6.45, 7) is 0. The van der Waals surface area contributed by atoms with Gasteiger partial charge in [0.15, 0.2) is 0 Å². The number of hydrogen-bond donors (Lipinski definition) is 0. The lowest BCUT2D eigenvalue weighted by Crippen LogP contribution is -2.29. The van der Waals surface area contributed by atoms with E-state index in [4.69, 9.17) is 11.6 Å². The summed E-state index contributed by atoms with van der Waals surface area (Å²) >= 11 is 5.40. The van der Waals surface area contributed by atoms with Gasteiger partial charge in [0.05, 0.1) is 5.02 Å². The lowest BCUT2D eigenvalue weighted by Gasteiger charge is -1.87. The van der Waals surface area contributed by atoms with Crippen molar-refractivity contribution in [1.29, 1.82) is 0 Å². The quantitative estimate of drug-likeness (QED) is 0.376. The molecule has 0 saturated carbocycles. The SMILES string of the molecule is [O-][n+]1ccc(Cl)cn1. The molecule has 1 heterocycles. The van der Waals surface area contributed by atoms with E-state index in [0.29, 0.717) is 9.87 Å². The van der Waals surface area contributed by atoms with Gasteiger partial charge in [-0.05, 0) is 0 Å². The molecule has 1 rings (SSSR count). The van der Waals surface area contributed by atoms with Crippen molar-refractivity contribution >= 4 is 11.6 Å². The summed E-state index contributed by atoms with van der Waals surface area (Å²) < 4.78 is 0. The summed E-state index contributed by atoms with van der Waals surface area (Å²) in [5, 5.41) is 13.9. The Labute approximate surface area is 51.1 Å². The lowest BCUT2D eigenvalue weighted by atomic mass is 10.6. The molecule has 1 aromatic heterocycles. The first-order valence-electron chi connectivity index (χ1n) is 2.00. The van der Waals surface area contributed by atoms with Gasteiger partial charge in [-0.15, -0.1) is 0 Å². The topological polar surface area (TPSA) is 39.8 Å². The van der Waals surface area contributed by atoms with E-state index in [2.05, 4.69) is 5.10 Å². The van der Waals surface area contributed by atoms with Gasteiger partial charge in [-0.25, -0.2) is 0 Å². The van der Waals surface area contributed by atoms with Crippen LogP contribution in [0.1, 0.15) is 0 Å². The maximum Gasteiger partial charge on any atom is 0.211 e. The van der Waals surface area contributed by atoms with Crippen LogP contribution < -0.4 is 4.85 Å². The normalized spacial score (nSPS) is 9.12. The Balaban J connectivity index is 3.03. The molecule has 0 spiro atoms. The fourth-order valence-corrected chi connectivity index (χ4v) is 0.429. The van der Waals surface area contributed by atoms with E-state index in [0.717, 1.165) is 0 Å². The maximum atomic E-state index is 10.2. The van der Waals surface area contributed by atoms with Gasteiger partial charge in [0.1, 0.15) is 6.20 Å². The Morgan fingerprint density at radius 3 is 2.88 bits per heavy atom. The molecule has 0 amide bonds. The first-order chi connectivity index (χ1) is 3.79. The molecule has 0 aromatic carbocycles. The fourth-order valence-electron chi connectivity index (χ4n) is 0.329. The Bertz CT molecular complexity index is 153. The smallest absolute Gasteiger partial charge is 0.211 e. The number of nitrogens with zero attached hydrogens (tertiary/aromatic N) is 2. The summed E-state index contributed by atoms with van der Waals surface area (Å²) in [5.74, 6) is 0. The predicted octanol–water partition coefficient (Wildman–Crippen LogP) is 0.368. The van der Waals surface area contributed by atoms with Crippen LogP contribution in [0.4, 0.5) is 0 Å². The molecule has 0 aliphatic carbocycles. The van der Waals surface area contributed by atoms with Crippen molar-refractivity contribution in [3.05, 3.63) is 28.7 Å². The van der Waals surface area contributed by atoms with E-state index in [9.17, 15) is 5.21 Å². The molecule has 0 bridgehead atoms. The average Bonchev–Trinajstić information content (AvgIpc) is 1.77. The van der Waals surface area contributed by atoms with Gasteiger partial charge in [-0.1, -0.05) is 16.4 Å². The summed E-state index contributed by atoms with van der Waals surface area (Å²) in [4.78, 5) is 0.436. The van der Waals surface area contributed by atoms with E-state index in [1.54, 1.807) is 0 Å². The maximum absolute atomic E-state index is 10.2. The van der Waals surface area contributed by atoms with Crippen LogP contribution in [0.3, 0.4) is 0 Å². The van der Waals surface area contributed by atoms with Crippen molar-refractivity contribution in [2.45, 2.75) is 0 Å². The van der Waals surface area contributed by atoms with Crippen molar-refractivity contribution in [3.63, 3.8) is 0 Å². The Hall–Kier alpha value is -0.830. The molecule has 0 fully saturated rings. The summed E-state index contributed by atoms with van der Waals surface area (Å²) in [7, 11) is 0. The van der Waals surface area contributed by atoms with Crippen molar-refractivity contribution in [1.82, 2.24) is 5.10 Å². The van der Waals surface area contributed by atoms with Gasteiger partial charge in [0, 0.05) is 11.2 Å². The molecule has 8 heavy (non-hydrogen) atoms. The molecule has 4 heteroatoms. The van der Waals surface area contributed by atoms with E-state index in [1.165, 1.54) is 18.5 Å². The molecular weight excluding hydrogens is 128 g/mol. The molecule has 0 unspecified atom stereocenters. The minimum absolute atomic E-state index is 0.436. The summed E-state index contributed by atoms with van der Waals surface area (Å²) in [6.07, 6.45) is 2.52. The number of halogens is 1. The number of rotatable bonds is 0. The first kappa shape index (κ1) is 5.31. The second kappa shape index (κ2) is 1.96. The average molecular weight is 131 g/mol. The highest BCUT2D eigenvalue weighted by Crippen LogP contribution is 1.99. The van der Waals surface area contributed by atoms with E-state index in [1.807, 2.05) is 0 Å². The van der Waals surface area contributed by atoms with Crippen molar-refractivity contribution < 1.29 is 4.85 Å². The highest BCUT2D eigenvalue weighted by molar-refractivity contribution is 6.30. The molecule has 42 valence electrons. The minimum Gasteiger partial charge on any atom is -0.594 e. The Morgan fingerprint density at radius 2 is 2.50 bits per heavy atom.